The van der Waals surface area contributed by atoms with Crippen molar-refractivity contribution in [3.63, 3.8) is 0 Å². The second-order valence-electron chi connectivity index (χ2n) is 12.3. The minimum Gasteiger partial charge on any atom is -0.396 e. The van der Waals surface area contributed by atoms with Crippen LogP contribution < -0.4 is 10.6 Å². The van der Waals surface area contributed by atoms with E-state index in [2.05, 4.69) is 31.4 Å². The van der Waals surface area contributed by atoms with Gasteiger partial charge in [-0.1, -0.05) is 27.7 Å². The maximum Gasteiger partial charge on any atom is 0.244 e. The summed E-state index contributed by atoms with van der Waals surface area (Å²) in [6.45, 7) is 13.8. The lowest BCUT2D eigenvalue weighted by molar-refractivity contribution is -0.140. The first kappa shape index (κ1) is 27.3. The van der Waals surface area contributed by atoms with Gasteiger partial charge in [0.1, 0.15) is 6.04 Å². The van der Waals surface area contributed by atoms with Crippen molar-refractivity contribution in [2.75, 3.05) is 19.7 Å². The number of nitrogens with one attached hydrogen (secondary N) is 2. The lowest BCUT2D eigenvalue weighted by Gasteiger charge is -2.38. The van der Waals surface area contributed by atoms with Crippen molar-refractivity contribution < 1.29 is 19.5 Å². The second-order valence-corrected chi connectivity index (χ2v) is 13.9. The van der Waals surface area contributed by atoms with Crippen LogP contribution in [0.1, 0.15) is 86.5 Å². The molecule has 3 fully saturated rings. The van der Waals surface area contributed by atoms with Gasteiger partial charge >= 0.3 is 0 Å². The fourth-order valence-electron chi connectivity index (χ4n) is 6.70. The van der Waals surface area contributed by atoms with Gasteiger partial charge in [-0.25, -0.2) is 0 Å². The van der Waals surface area contributed by atoms with E-state index >= 15 is 0 Å². The highest BCUT2D eigenvalue weighted by atomic mass is 32.2. The first-order chi connectivity index (χ1) is 15.9. The van der Waals surface area contributed by atoms with Crippen LogP contribution in [0.15, 0.2) is 0 Å². The maximum atomic E-state index is 13.9. The van der Waals surface area contributed by atoms with E-state index in [1.54, 1.807) is 16.7 Å². The molecule has 5 atom stereocenters. The number of unbranched alkanes of at least 4 members (excludes halogenated alkanes) is 2. The molecule has 34 heavy (non-hydrogen) atoms. The van der Waals surface area contributed by atoms with Crippen molar-refractivity contribution in [1.29, 1.82) is 0 Å². The van der Waals surface area contributed by atoms with Crippen molar-refractivity contribution in [3.05, 3.63) is 0 Å². The summed E-state index contributed by atoms with van der Waals surface area (Å²) in [6.07, 6.45) is 5.56. The monoisotopic (exact) mass is 495 g/mol. The molecule has 0 aromatic heterocycles. The zero-order valence-electron chi connectivity index (χ0n) is 21.9. The van der Waals surface area contributed by atoms with Gasteiger partial charge in [-0.3, -0.25) is 14.4 Å². The van der Waals surface area contributed by atoms with Crippen LogP contribution in [0.3, 0.4) is 0 Å². The van der Waals surface area contributed by atoms with E-state index in [0.717, 1.165) is 38.5 Å². The fraction of sp³-hybridized carbons (Fsp3) is 0.885. The molecule has 7 nitrogen and oxygen atoms in total. The predicted molar refractivity (Wildman–Crippen MR) is 136 cm³/mol. The molecule has 3 N–H and O–H groups in total. The number of amides is 3. The number of hydrogen-bond donors (Lipinski definition) is 3. The quantitative estimate of drug-likeness (QED) is 0.383. The molecule has 3 amide bonds. The summed E-state index contributed by atoms with van der Waals surface area (Å²) < 4.78 is -0.533. The number of nitrogens with zero attached hydrogens (tertiary/aromatic N) is 1. The molecule has 3 heterocycles. The lowest BCUT2D eigenvalue weighted by atomic mass is 9.70. The van der Waals surface area contributed by atoms with Crippen LogP contribution in [0.2, 0.25) is 0 Å². The number of thioether (sulfide) groups is 1. The Morgan fingerprint density at radius 2 is 1.85 bits per heavy atom. The van der Waals surface area contributed by atoms with Crippen molar-refractivity contribution >= 4 is 29.5 Å². The van der Waals surface area contributed by atoms with Crippen LogP contribution in [-0.4, -0.2) is 69.0 Å². The topological polar surface area (TPSA) is 98.7 Å². The molecule has 8 heteroatoms. The minimum absolute atomic E-state index is 0.0337. The van der Waals surface area contributed by atoms with Crippen molar-refractivity contribution in [1.82, 2.24) is 15.5 Å². The molecule has 0 aromatic carbocycles. The van der Waals surface area contributed by atoms with Gasteiger partial charge in [-0.05, 0) is 64.2 Å². The summed E-state index contributed by atoms with van der Waals surface area (Å²) in [5.41, 5.74) is -0.356. The van der Waals surface area contributed by atoms with Crippen LogP contribution in [0.5, 0.6) is 0 Å². The number of carbonyl (C=O) groups excluding carboxylic acids is 3. The number of fused-ring (bicyclic) bond motifs is 1. The summed E-state index contributed by atoms with van der Waals surface area (Å²) >= 11 is 1.72. The van der Waals surface area contributed by atoms with Crippen LogP contribution >= 0.6 is 11.8 Å². The van der Waals surface area contributed by atoms with E-state index < -0.39 is 22.2 Å². The summed E-state index contributed by atoms with van der Waals surface area (Å²) in [7, 11) is 0. The highest BCUT2D eigenvalue weighted by Crippen LogP contribution is 2.66. The van der Waals surface area contributed by atoms with Crippen molar-refractivity contribution in [2.45, 2.75) is 108 Å². The van der Waals surface area contributed by atoms with Gasteiger partial charge in [-0.15, -0.1) is 11.8 Å². The van der Waals surface area contributed by atoms with Gasteiger partial charge in [0.15, 0.2) is 0 Å². The Hall–Kier alpha value is -1.28. The molecular weight excluding hydrogens is 450 g/mol. The molecule has 0 radical (unpaired) electrons. The average molecular weight is 496 g/mol. The maximum absolute atomic E-state index is 13.9. The van der Waals surface area contributed by atoms with Gasteiger partial charge in [0.2, 0.25) is 17.7 Å². The van der Waals surface area contributed by atoms with E-state index in [4.69, 9.17) is 5.11 Å². The van der Waals surface area contributed by atoms with Crippen LogP contribution in [0.25, 0.3) is 0 Å². The van der Waals surface area contributed by atoms with Gasteiger partial charge in [-0.2, -0.15) is 0 Å². The van der Waals surface area contributed by atoms with Gasteiger partial charge in [0.05, 0.1) is 16.6 Å². The van der Waals surface area contributed by atoms with Crippen LogP contribution in [-0.2, 0) is 14.4 Å². The van der Waals surface area contributed by atoms with Gasteiger partial charge in [0.25, 0.3) is 0 Å². The third kappa shape index (κ3) is 5.43. The molecule has 3 rings (SSSR count). The zero-order valence-corrected chi connectivity index (χ0v) is 22.7. The number of likely N-dealkylation sites (tertiary alicyclic amines) is 1. The summed E-state index contributed by atoms with van der Waals surface area (Å²) in [4.78, 5) is 42.6. The van der Waals surface area contributed by atoms with E-state index in [0.29, 0.717) is 19.5 Å². The third-order valence-corrected chi connectivity index (χ3v) is 9.34. The number of hydrogen-bond acceptors (Lipinski definition) is 5. The molecule has 3 aliphatic heterocycles. The standard InChI is InChI=1S/C26H45N3O4S/c1-7-13-27-21(31)18-17-11-12-26(34-17)19(18)23(33)29(14-9-8-10-15-30)20(26)22(32)28-25(5,6)16-24(2,3)4/h17-20,30H,7-16H2,1-6H3,(H,27,31)(H,28,32)/t17-,18+,19+,20?,26?/m1/s1. The lowest BCUT2D eigenvalue weighted by Crippen LogP contribution is -2.58. The Kier molecular flexibility index (Phi) is 8.33. The SMILES string of the molecule is CCCNC(=O)[C@@H]1[C@H]2C(=O)N(CCCCCO)C(C(=O)NC(C)(C)CC(C)(C)C)C23CC[C@H]1S3. The summed E-state index contributed by atoms with van der Waals surface area (Å²) in [5, 5.41) is 15.6. The van der Waals surface area contributed by atoms with E-state index in [9.17, 15) is 14.4 Å². The number of carbonyl (C=O) groups is 3. The minimum atomic E-state index is -0.558. The Balaban J connectivity index is 1.89. The molecule has 194 valence electrons. The predicted octanol–water partition coefficient (Wildman–Crippen LogP) is 3.10. The number of aliphatic hydroxyl groups excluding tert-OH is 1. The first-order valence-electron chi connectivity index (χ1n) is 13.1. The molecule has 1 spiro atoms. The molecule has 0 saturated carbocycles. The molecule has 3 aliphatic rings. The second kappa shape index (κ2) is 10.4. The van der Waals surface area contributed by atoms with E-state index in [-0.39, 0.29) is 40.9 Å². The normalized spacial score (nSPS) is 30.6. The van der Waals surface area contributed by atoms with Crippen LogP contribution in [0.4, 0.5) is 0 Å². The third-order valence-electron chi connectivity index (χ3n) is 7.39. The number of aliphatic hydroxyl groups is 1. The molecule has 0 aromatic rings. The molecule has 2 bridgehead atoms. The smallest absolute Gasteiger partial charge is 0.244 e. The average Bonchev–Trinajstić information content (AvgIpc) is 3.34. The van der Waals surface area contributed by atoms with Crippen LogP contribution in [0, 0.1) is 17.3 Å². The highest BCUT2D eigenvalue weighted by molar-refractivity contribution is 8.02. The van der Waals surface area contributed by atoms with Gasteiger partial charge in [0, 0.05) is 30.5 Å². The molecule has 0 aliphatic carbocycles. The Morgan fingerprint density at radius 3 is 2.47 bits per heavy atom. The van der Waals surface area contributed by atoms with E-state index in [1.165, 1.54) is 0 Å². The van der Waals surface area contributed by atoms with Gasteiger partial charge < -0.3 is 20.6 Å². The molecular formula is C26H45N3O4S. The summed E-state index contributed by atoms with van der Waals surface area (Å²) in [6, 6.07) is -0.558. The fourth-order valence-corrected chi connectivity index (χ4v) is 8.92. The highest BCUT2D eigenvalue weighted by Gasteiger charge is 2.73. The largest absolute Gasteiger partial charge is 0.396 e. The summed E-state index contributed by atoms with van der Waals surface area (Å²) in [5.74, 6) is -0.960. The van der Waals surface area contributed by atoms with E-state index in [1.807, 2.05) is 20.8 Å². The molecule has 3 saturated heterocycles. The first-order valence-corrected chi connectivity index (χ1v) is 13.9. The Labute approximate surface area is 209 Å². The Bertz CT molecular complexity index is 780. The Morgan fingerprint density at radius 1 is 1.15 bits per heavy atom. The van der Waals surface area contributed by atoms with Crippen molar-refractivity contribution in [3.8, 4) is 0 Å². The molecule has 2 unspecified atom stereocenters. The zero-order chi connectivity index (χ0) is 25.3. The van der Waals surface area contributed by atoms with Crippen molar-refractivity contribution in [2.24, 2.45) is 17.3 Å². The number of rotatable bonds is 11.